The van der Waals surface area contributed by atoms with Gasteiger partial charge in [0.1, 0.15) is 5.82 Å². The SMILES string of the molecule is O=C(NCCc1ccc(F)cc1)c1nn(-c2ccc(Cl)cc2Cl)c2c1[C@H]1CC[C@H]2C1. The molecule has 1 fully saturated rings. The summed E-state index contributed by atoms with van der Waals surface area (Å²) in [5, 5.41) is 8.75. The van der Waals surface area contributed by atoms with Crippen molar-refractivity contribution in [1.82, 2.24) is 15.1 Å². The van der Waals surface area contributed by atoms with Crippen LogP contribution in [0.2, 0.25) is 10.0 Å². The third-order valence-corrected chi connectivity index (χ3v) is 6.69. The molecule has 3 aromatic rings. The quantitative estimate of drug-likeness (QED) is 0.553. The molecule has 1 amide bonds. The van der Waals surface area contributed by atoms with E-state index >= 15 is 0 Å². The van der Waals surface area contributed by atoms with E-state index in [0.717, 1.165) is 41.8 Å². The lowest BCUT2D eigenvalue weighted by Crippen LogP contribution is -2.27. The van der Waals surface area contributed by atoms with E-state index in [-0.39, 0.29) is 11.7 Å². The normalized spacial score (nSPS) is 19.2. The molecule has 0 radical (unpaired) electrons. The number of nitrogens with one attached hydrogen (secondary N) is 1. The Bertz CT molecular complexity index is 1130. The van der Waals surface area contributed by atoms with Gasteiger partial charge >= 0.3 is 0 Å². The molecule has 0 aliphatic heterocycles. The van der Waals surface area contributed by atoms with E-state index in [9.17, 15) is 9.18 Å². The second-order valence-corrected chi connectivity index (χ2v) is 8.84. The van der Waals surface area contributed by atoms with Crippen molar-refractivity contribution in [3.05, 3.63) is 80.8 Å². The largest absolute Gasteiger partial charge is 0.350 e. The van der Waals surface area contributed by atoms with Crippen LogP contribution in [-0.4, -0.2) is 22.2 Å². The highest BCUT2D eigenvalue weighted by Gasteiger charge is 2.44. The lowest BCUT2D eigenvalue weighted by molar-refractivity contribution is 0.0947. The van der Waals surface area contributed by atoms with Gasteiger partial charge in [0, 0.05) is 23.0 Å². The van der Waals surface area contributed by atoms with Gasteiger partial charge in [-0.15, -0.1) is 0 Å². The highest BCUT2D eigenvalue weighted by Crippen LogP contribution is 2.54. The summed E-state index contributed by atoms with van der Waals surface area (Å²) in [5.74, 6) is 0.345. The monoisotopic (exact) mass is 443 g/mol. The fourth-order valence-electron chi connectivity index (χ4n) is 4.79. The first-order chi connectivity index (χ1) is 14.5. The molecule has 2 aromatic carbocycles. The number of halogens is 3. The number of hydrogen-bond acceptors (Lipinski definition) is 2. The highest BCUT2D eigenvalue weighted by atomic mass is 35.5. The fraction of sp³-hybridized carbons (Fsp3) is 0.304. The zero-order valence-corrected chi connectivity index (χ0v) is 17.7. The molecule has 1 N–H and O–H groups in total. The summed E-state index contributed by atoms with van der Waals surface area (Å²) >= 11 is 12.5. The number of rotatable bonds is 5. The van der Waals surface area contributed by atoms with Gasteiger partial charge in [-0.25, -0.2) is 9.07 Å². The summed E-state index contributed by atoms with van der Waals surface area (Å²) in [6.07, 6.45) is 3.89. The molecular weight excluding hydrogens is 424 g/mol. The Kier molecular flexibility index (Phi) is 5.03. The molecule has 0 spiro atoms. The summed E-state index contributed by atoms with van der Waals surface area (Å²) in [6.45, 7) is 0.460. The minimum atomic E-state index is -0.264. The maximum atomic E-state index is 13.1. The van der Waals surface area contributed by atoms with Crippen LogP contribution in [0.4, 0.5) is 4.39 Å². The molecule has 2 aliphatic carbocycles. The van der Waals surface area contributed by atoms with Crippen LogP contribution in [0, 0.1) is 5.82 Å². The third-order valence-electron chi connectivity index (χ3n) is 6.15. The van der Waals surface area contributed by atoms with Gasteiger partial charge in [-0.1, -0.05) is 35.3 Å². The smallest absolute Gasteiger partial charge is 0.272 e. The van der Waals surface area contributed by atoms with Crippen molar-refractivity contribution in [3.63, 3.8) is 0 Å². The van der Waals surface area contributed by atoms with E-state index in [1.165, 1.54) is 12.1 Å². The maximum Gasteiger partial charge on any atom is 0.272 e. The molecule has 1 saturated carbocycles. The number of nitrogens with zero attached hydrogens (tertiary/aromatic N) is 2. The molecule has 1 heterocycles. The number of amides is 1. The van der Waals surface area contributed by atoms with E-state index in [4.69, 9.17) is 28.3 Å². The molecule has 7 heteroatoms. The van der Waals surface area contributed by atoms with Gasteiger partial charge in [-0.05, 0) is 67.5 Å². The van der Waals surface area contributed by atoms with E-state index < -0.39 is 0 Å². The van der Waals surface area contributed by atoms with Crippen molar-refractivity contribution < 1.29 is 9.18 Å². The molecule has 154 valence electrons. The number of hydrogen-bond donors (Lipinski definition) is 1. The number of benzene rings is 2. The Morgan fingerprint density at radius 3 is 2.67 bits per heavy atom. The Balaban J connectivity index is 1.42. The predicted molar refractivity (Wildman–Crippen MR) is 115 cm³/mol. The van der Waals surface area contributed by atoms with Crippen molar-refractivity contribution in [1.29, 1.82) is 0 Å². The Morgan fingerprint density at radius 1 is 1.13 bits per heavy atom. The number of carbonyl (C=O) groups excluding carboxylic acids is 1. The summed E-state index contributed by atoms with van der Waals surface area (Å²) in [7, 11) is 0. The van der Waals surface area contributed by atoms with Gasteiger partial charge < -0.3 is 5.32 Å². The highest BCUT2D eigenvalue weighted by molar-refractivity contribution is 6.35. The lowest BCUT2D eigenvalue weighted by atomic mass is 9.95. The van der Waals surface area contributed by atoms with E-state index in [1.54, 1.807) is 24.3 Å². The van der Waals surface area contributed by atoms with Crippen LogP contribution in [-0.2, 0) is 6.42 Å². The first kappa shape index (κ1) is 19.6. The predicted octanol–water partition coefficient (Wildman–Crippen LogP) is 5.66. The van der Waals surface area contributed by atoms with Crippen molar-refractivity contribution >= 4 is 29.1 Å². The molecule has 4 nitrogen and oxygen atoms in total. The van der Waals surface area contributed by atoms with Crippen molar-refractivity contribution in [3.8, 4) is 5.69 Å². The number of fused-ring (bicyclic) bond motifs is 5. The van der Waals surface area contributed by atoms with Gasteiger partial charge in [0.25, 0.3) is 5.91 Å². The molecule has 2 atom stereocenters. The zero-order valence-electron chi connectivity index (χ0n) is 16.2. The minimum absolute atomic E-state index is 0.176. The molecule has 1 aromatic heterocycles. The van der Waals surface area contributed by atoms with Crippen LogP contribution >= 0.6 is 23.2 Å². The van der Waals surface area contributed by atoms with Crippen molar-refractivity contribution in [2.75, 3.05) is 6.54 Å². The lowest BCUT2D eigenvalue weighted by Gasteiger charge is -2.14. The summed E-state index contributed by atoms with van der Waals surface area (Å²) in [5.41, 5.74) is 4.38. The Labute approximate surface area is 184 Å². The molecule has 0 saturated heterocycles. The second kappa shape index (κ2) is 7.71. The molecule has 0 unspecified atom stereocenters. The van der Waals surface area contributed by atoms with Crippen molar-refractivity contribution in [2.24, 2.45) is 0 Å². The van der Waals surface area contributed by atoms with Crippen LogP contribution in [0.15, 0.2) is 42.5 Å². The van der Waals surface area contributed by atoms with Gasteiger partial charge in [0.05, 0.1) is 16.4 Å². The fourth-order valence-corrected chi connectivity index (χ4v) is 5.28. The van der Waals surface area contributed by atoms with Gasteiger partial charge in [-0.2, -0.15) is 5.10 Å². The maximum absolute atomic E-state index is 13.1. The van der Waals surface area contributed by atoms with Gasteiger partial charge in [0.2, 0.25) is 0 Å². The van der Waals surface area contributed by atoms with E-state index in [2.05, 4.69) is 5.32 Å². The second-order valence-electron chi connectivity index (χ2n) is 7.99. The third kappa shape index (κ3) is 3.40. The van der Waals surface area contributed by atoms with Gasteiger partial charge in [0.15, 0.2) is 5.69 Å². The van der Waals surface area contributed by atoms with Crippen LogP contribution < -0.4 is 5.32 Å². The average Bonchev–Trinajstić information content (AvgIpc) is 3.42. The minimum Gasteiger partial charge on any atom is -0.350 e. The summed E-state index contributed by atoms with van der Waals surface area (Å²) in [4.78, 5) is 13.0. The summed E-state index contributed by atoms with van der Waals surface area (Å²) in [6, 6.07) is 11.6. The molecule has 30 heavy (non-hydrogen) atoms. The van der Waals surface area contributed by atoms with Crippen molar-refractivity contribution in [2.45, 2.75) is 37.5 Å². The topological polar surface area (TPSA) is 46.9 Å². The molecular formula is C23H20Cl2FN3O. The molecule has 2 bridgehead atoms. The first-order valence-corrected chi connectivity index (χ1v) is 10.9. The van der Waals surface area contributed by atoms with Crippen LogP contribution in [0.3, 0.4) is 0 Å². The van der Waals surface area contributed by atoms with E-state index in [0.29, 0.717) is 40.5 Å². The van der Waals surface area contributed by atoms with Crippen LogP contribution in [0.1, 0.15) is 58.4 Å². The average molecular weight is 444 g/mol. The number of aromatic nitrogens is 2. The Morgan fingerprint density at radius 2 is 1.90 bits per heavy atom. The molecule has 5 rings (SSSR count). The van der Waals surface area contributed by atoms with Crippen LogP contribution in [0.5, 0.6) is 0 Å². The first-order valence-electron chi connectivity index (χ1n) is 10.1. The number of carbonyl (C=O) groups is 1. The van der Waals surface area contributed by atoms with E-state index in [1.807, 2.05) is 10.7 Å². The Hall–Kier alpha value is -2.37. The van der Waals surface area contributed by atoms with Crippen LogP contribution in [0.25, 0.3) is 5.69 Å². The zero-order chi connectivity index (χ0) is 20.8. The standard InChI is InChI=1S/C23H20Cl2FN3O/c24-16-5-8-19(18(25)12-16)29-22-15-4-3-14(11-15)20(22)21(28-29)23(30)27-10-9-13-1-6-17(26)7-2-13/h1-2,5-8,12,14-15H,3-4,9-11H2,(H,27,30)/t14-,15-/m0/s1. The summed E-state index contributed by atoms with van der Waals surface area (Å²) < 4.78 is 14.9. The molecule has 2 aliphatic rings. The van der Waals surface area contributed by atoms with Gasteiger partial charge in [-0.3, -0.25) is 4.79 Å².